The summed E-state index contributed by atoms with van der Waals surface area (Å²) in [7, 11) is 0. The van der Waals surface area contributed by atoms with Crippen LogP contribution in [0.1, 0.15) is 25.0 Å². The SMILES string of the molecule is CCc1cccc(C)c1NC(=O)[C@H](C)Sc1ccc(Cl)cc1. The first kappa shape index (κ1) is 16.9. The molecule has 0 aliphatic heterocycles. The molecule has 0 saturated heterocycles. The zero-order valence-electron chi connectivity index (χ0n) is 13.0. The predicted octanol–water partition coefficient (Wildman–Crippen LogP) is 5.33. The van der Waals surface area contributed by atoms with Crippen LogP contribution in [0.25, 0.3) is 0 Å². The number of para-hydroxylation sites is 1. The fraction of sp³-hybridized carbons (Fsp3) is 0.278. The van der Waals surface area contributed by atoms with Gasteiger partial charge in [-0.05, 0) is 55.7 Å². The Balaban J connectivity index is 2.07. The van der Waals surface area contributed by atoms with Gasteiger partial charge in [0, 0.05) is 15.6 Å². The standard InChI is InChI=1S/C18H20ClNOS/c1-4-14-7-5-6-12(2)17(14)20-18(21)13(3)22-16-10-8-15(19)9-11-16/h5-11,13H,4H2,1-3H3,(H,20,21)/t13-/m0/s1. The van der Waals surface area contributed by atoms with Crippen LogP contribution in [0.15, 0.2) is 47.4 Å². The molecular formula is C18H20ClNOS. The molecule has 0 spiro atoms. The number of carbonyl (C=O) groups is 1. The number of anilines is 1. The number of rotatable bonds is 5. The van der Waals surface area contributed by atoms with Gasteiger partial charge in [0.1, 0.15) is 0 Å². The number of halogens is 1. The van der Waals surface area contributed by atoms with Crippen LogP contribution in [-0.2, 0) is 11.2 Å². The summed E-state index contributed by atoms with van der Waals surface area (Å²) in [6, 6.07) is 13.6. The maximum Gasteiger partial charge on any atom is 0.237 e. The number of aryl methyl sites for hydroxylation is 2. The van der Waals surface area contributed by atoms with Crippen molar-refractivity contribution in [2.75, 3.05) is 5.32 Å². The van der Waals surface area contributed by atoms with Crippen LogP contribution >= 0.6 is 23.4 Å². The van der Waals surface area contributed by atoms with Crippen LogP contribution < -0.4 is 5.32 Å². The highest BCUT2D eigenvalue weighted by atomic mass is 35.5. The first-order chi connectivity index (χ1) is 10.5. The molecule has 0 aromatic heterocycles. The summed E-state index contributed by atoms with van der Waals surface area (Å²) in [5, 5.41) is 3.60. The Kier molecular flexibility index (Phi) is 5.92. The van der Waals surface area contributed by atoms with Crippen LogP contribution in [0.2, 0.25) is 5.02 Å². The average molecular weight is 334 g/mol. The van der Waals surface area contributed by atoms with Gasteiger partial charge < -0.3 is 5.32 Å². The van der Waals surface area contributed by atoms with Crippen molar-refractivity contribution in [3.63, 3.8) is 0 Å². The number of thioether (sulfide) groups is 1. The van der Waals surface area contributed by atoms with Crippen molar-refractivity contribution >= 4 is 35.0 Å². The van der Waals surface area contributed by atoms with Gasteiger partial charge in [-0.2, -0.15) is 0 Å². The van der Waals surface area contributed by atoms with Crippen molar-refractivity contribution in [3.05, 3.63) is 58.6 Å². The number of nitrogens with one attached hydrogen (secondary N) is 1. The van der Waals surface area contributed by atoms with Gasteiger partial charge in [0.05, 0.1) is 5.25 Å². The Hall–Kier alpha value is -1.45. The largest absolute Gasteiger partial charge is 0.325 e. The van der Waals surface area contributed by atoms with Crippen LogP contribution in [-0.4, -0.2) is 11.2 Å². The van der Waals surface area contributed by atoms with Gasteiger partial charge in [-0.25, -0.2) is 0 Å². The molecule has 0 unspecified atom stereocenters. The van der Waals surface area contributed by atoms with Gasteiger partial charge in [0.25, 0.3) is 0 Å². The molecule has 4 heteroatoms. The van der Waals surface area contributed by atoms with Gasteiger partial charge in [-0.1, -0.05) is 36.7 Å². The van der Waals surface area contributed by atoms with E-state index >= 15 is 0 Å². The van der Waals surface area contributed by atoms with Crippen molar-refractivity contribution in [2.24, 2.45) is 0 Å². The van der Waals surface area contributed by atoms with E-state index < -0.39 is 0 Å². The second-order valence-corrected chi connectivity index (χ2v) is 7.02. The number of hydrogen-bond acceptors (Lipinski definition) is 2. The maximum atomic E-state index is 12.4. The van der Waals surface area contributed by atoms with Crippen LogP contribution in [0, 0.1) is 6.92 Å². The Morgan fingerprint density at radius 2 is 1.91 bits per heavy atom. The van der Waals surface area contributed by atoms with Gasteiger partial charge in [0.2, 0.25) is 5.91 Å². The van der Waals surface area contributed by atoms with E-state index in [0.717, 1.165) is 28.1 Å². The summed E-state index contributed by atoms with van der Waals surface area (Å²) in [5.41, 5.74) is 3.20. The lowest BCUT2D eigenvalue weighted by Crippen LogP contribution is -2.23. The fourth-order valence-electron chi connectivity index (χ4n) is 2.20. The Morgan fingerprint density at radius 1 is 1.23 bits per heavy atom. The normalized spacial score (nSPS) is 12.0. The van der Waals surface area contributed by atoms with E-state index in [2.05, 4.69) is 18.3 Å². The third kappa shape index (κ3) is 4.28. The molecule has 1 atom stereocenters. The minimum absolute atomic E-state index is 0.0175. The summed E-state index contributed by atoms with van der Waals surface area (Å²) in [6.07, 6.45) is 0.899. The lowest BCUT2D eigenvalue weighted by Gasteiger charge is -2.16. The highest BCUT2D eigenvalue weighted by Crippen LogP contribution is 2.27. The Morgan fingerprint density at radius 3 is 2.55 bits per heavy atom. The van der Waals surface area contributed by atoms with Crippen LogP contribution in [0.3, 0.4) is 0 Å². The fourth-order valence-corrected chi connectivity index (χ4v) is 3.19. The van der Waals surface area contributed by atoms with Crippen molar-refractivity contribution < 1.29 is 4.79 Å². The van der Waals surface area contributed by atoms with Crippen LogP contribution in [0.5, 0.6) is 0 Å². The van der Waals surface area contributed by atoms with E-state index in [4.69, 9.17) is 11.6 Å². The lowest BCUT2D eigenvalue weighted by atomic mass is 10.1. The topological polar surface area (TPSA) is 29.1 Å². The molecule has 116 valence electrons. The monoisotopic (exact) mass is 333 g/mol. The van der Waals surface area contributed by atoms with E-state index in [0.29, 0.717) is 5.02 Å². The van der Waals surface area contributed by atoms with Gasteiger partial charge >= 0.3 is 0 Å². The lowest BCUT2D eigenvalue weighted by molar-refractivity contribution is -0.115. The first-order valence-electron chi connectivity index (χ1n) is 7.33. The molecule has 2 nitrogen and oxygen atoms in total. The average Bonchev–Trinajstić information content (AvgIpc) is 2.51. The smallest absolute Gasteiger partial charge is 0.237 e. The van der Waals surface area contributed by atoms with Crippen LogP contribution in [0.4, 0.5) is 5.69 Å². The maximum absolute atomic E-state index is 12.4. The zero-order valence-corrected chi connectivity index (χ0v) is 14.6. The molecule has 1 amide bonds. The van der Waals surface area contributed by atoms with Crippen molar-refractivity contribution in [1.82, 2.24) is 0 Å². The van der Waals surface area contributed by atoms with E-state index in [1.165, 1.54) is 11.8 Å². The Labute approximate surface area is 141 Å². The van der Waals surface area contributed by atoms with E-state index in [1.54, 1.807) is 0 Å². The zero-order chi connectivity index (χ0) is 16.1. The molecule has 0 bridgehead atoms. The quantitative estimate of drug-likeness (QED) is 0.749. The van der Waals surface area contributed by atoms with Crippen molar-refractivity contribution in [2.45, 2.75) is 37.3 Å². The summed E-state index contributed by atoms with van der Waals surface area (Å²) >= 11 is 7.41. The molecule has 2 aromatic rings. The Bertz CT molecular complexity index is 655. The predicted molar refractivity (Wildman–Crippen MR) is 96.0 cm³/mol. The molecule has 0 radical (unpaired) electrons. The number of hydrogen-bond donors (Lipinski definition) is 1. The van der Waals surface area contributed by atoms with E-state index in [9.17, 15) is 4.79 Å². The summed E-state index contributed by atoms with van der Waals surface area (Å²) < 4.78 is 0. The highest BCUT2D eigenvalue weighted by Gasteiger charge is 2.16. The minimum atomic E-state index is -0.175. The molecule has 22 heavy (non-hydrogen) atoms. The molecule has 0 aliphatic carbocycles. The molecule has 0 aliphatic rings. The van der Waals surface area contributed by atoms with Gasteiger partial charge in [0.15, 0.2) is 0 Å². The first-order valence-corrected chi connectivity index (χ1v) is 8.58. The van der Waals surface area contributed by atoms with Gasteiger partial charge in [-0.15, -0.1) is 11.8 Å². The van der Waals surface area contributed by atoms with E-state index in [1.807, 2.05) is 50.2 Å². The van der Waals surface area contributed by atoms with Crippen molar-refractivity contribution in [1.29, 1.82) is 0 Å². The van der Waals surface area contributed by atoms with Gasteiger partial charge in [-0.3, -0.25) is 4.79 Å². The number of carbonyl (C=O) groups excluding carboxylic acids is 1. The summed E-state index contributed by atoms with van der Waals surface area (Å²) in [4.78, 5) is 13.5. The molecular weight excluding hydrogens is 314 g/mol. The minimum Gasteiger partial charge on any atom is -0.325 e. The molecule has 0 saturated carbocycles. The second-order valence-electron chi connectivity index (χ2n) is 5.17. The number of amides is 1. The summed E-state index contributed by atoms with van der Waals surface area (Å²) in [5.74, 6) is 0.0175. The molecule has 1 N–H and O–H groups in total. The molecule has 0 fully saturated rings. The second kappa shape index (κ2) is 7.70. The molecule has 0 heterocycles. The number of benzene rings is 2. The highest BCUT2D eigenvalue weighted by molar-refractivity contribution is 8.00. The summed E-state index contributed by atoms with van der Waals surface area (Å²) in [6.45, 7) is 6.03. The van der Waals surface area contributed by atoms with Crippen molar-refractivity contribution in [3.8, 4) is 0 Å². The van der Waals surface area contributed by atoms with E-state index in [-0.39, 0.29) is 11.2 Å². The molecule has 2 rings (SSSR count). The third-order valence-corrected chi connectivity index (χ3v) is 4.85. The third-order valence-electron chi connectivity index (χ3n) is 3.48. The molecule has 2 aromatic carbocycles.